The van der Waals surface area contributed by atoms with Gasteiger partial charge in [-0.15, -0.1) is 11.3 Å². The van der Waals surface area contributed by atoms with Gasteiger partial charge in [0, 0.05) is 35.7 Å². The summed E-state index contributed by atoms with van der Waals surface area (Å²) in [5, 5.41) is 12.4. The highest BCUT2D eigenvalue weighted by Gasteiger charge is 2.22. The van der Waals surface area contributed by atoms with Crippen molar-refractivity contribution in [1.29, 1.82) is 0 Å². The smallest absolute Gasteiger partial charge is 0.223 e. The molecular formula is C17H26N2O3S. The first-order valence-electron chi connectivity index (χ1n) is 8.19. The Bertz CT molecular complexity index is 562. The number of hydrogen-bond donors (Lipinski definition) is 2. The molecule has 1 unspecified atom stereocenters. The van der Waals surface area contributed by atoms with Crippen molar-refractivity contribution in [3.8, 4) is 0 Å². The summed E-state index contributed by atoms with van der Waals surface area (Å²) in [7, 11) is 0. The molecule has 0 spiro atoms. The maximum Gasteiger partial charge on any atom is 0.223 e. The van der Waals surface area contributed by atoms with Crippen molar-refractivity contribution in [2.75, 3.05) is 13.1 Å². The predicted octanol–water partition coefficient (Wildman–Crippen LogP) is 2.31. The number of likely N-dealkylation sites (tertiary alicyclic amines) is 1. The van der Waals surface area contributed by atoms with Crippen LogP contribution in [0.25, 0.3) is 0 Å². The molecule has 23 heavy (non-hydrogen) atoms. The minimum atomic E-state index is -0.291. The number of hydrogen-bond acceptors (Lipinski definition) is 4. The molecule has 6 heteroatoms. The summed E-state index contributed by atoms with van der Waals surface area (Å²) in [6.45, 7) is 7.27. The van der Waals surface area contributed by atoms with Crippen LogP contribution in [-0.2, 0) is 9.59 Å². The molecule has 1 aliphatic rings. The molecule has 0 aliphatic carbocycles. The third-order valence-electron chi connectivity index (χ3n) is 4.31. The van der Waals surface area contributed by atoms with Gasteiger partial charge in [-0.25, -0.2) is 0 Å². The largest absolute Gasteiger partial charge is 0.393 e. The number of aryl methyl sites for hydroxylation is 2. The van der Waals surface area contributed by atoms with Crippen molar-refractivity contribution in [3.05, 3.63) is 21.4 Å². The Morgan fingerprint density at radius 2 is 2.00 bits per heavy atom. The first-order chi connectivity index (χ1) is 10.9. The van der Waals surface area contributed by atoms with Gasteiger partial charge in [0.15, 0.2) is 0 Å². The standard InChI is InChI=1S/C17H26N2O3S/c1-11-10-15(13(3)23-11)12(2)18-16(21)4-5-17(22)19-8-6-14(20)7-9-19/h10,12,14,20H,4-9H2,1-3H3,(H,18,21). The lowest BCUT2D eigenvalue weighted by atomic mass is 10.1. The summed E-state index contributed by atoms with van der Waals surface area (Å²) in [6, 6.07) is 2.07. The molecule has 0 aromatic carbocycles. The van der Waals surface area contributed by atoms with Gasteiger partial charge in [-0.1, -0.05) is 0 Å². The molecule has 0 saturated carbocycles. The van der Waals surface area contributed by atoms with Gasteiger partial charge in [0.25, 0.3) is 0 Å². The average Bonchev–Trinajstić information content (AvgIpc) is 2.84. The van der Waals surface area contributed by atoms with Crippen molar-refractivity contribution in [2.45, 2.75) is 58.6 Å². The number of thiophene rings is 1. The van der Waals surface area contributed by atoms with Crippen molar-refractivity contribution in [3.63, 3.8) is 0 Å². The fourth-order valence-electron chi connectivity index (χ4n) is 2.97. The molecule has 0 radical (unpaired) electrons. The van der Waals surface area contributed by atoms with Gasteiger partial charge < -0.3 is 15.3 Å². The van der Waals surface area contributed by atoms with E-state index < -0.39 is 0 Å². The van der Waals surface area contributed by atoms with Crippen LogP contribution in [0.15, 0.2) is 6.07 Å². The lowest BCUT2D eigenvalue weighted by molar-refractivity contribution is -0.135. The van der Waals surface area contributed by atoms with E-state index in [0.29, 0.717) is 25.9 Å². The first-order valence-corrected chi connectivity index (χ1v) is 9.00. The van der Waals surface area contributed by atoms with E-state index in [9.17, 15) is 14.7 Å². The fraction of sp³-hybridized carbons (Fsp3) is 0.647. The van der Waals surface area contributed by atoms with Gasteiger partial charge >= 0.3 is 0 Å². The molecule has 2 amide bonds. The monoisotopic (exact) mass is 338 g/mol. The number of aliphatic hydroxyl groups excluding tert-OH is 1. The fourth-order valence-corrected chi connectivity index (χ4v) is 3.99. The van der Waals surface area contributed by atoms with Gasteiger partial charge in [0.05, 0.1) is 12.1 Å². The van der Waals surface area contributed by atoms with Gasteiger partial charge in [-0.2, -0.15) is 0 Å². The maximum absolute atomic E-state index is 12.1. The second-order valence-corrected chi connectivity index (χ2v) is 7.73. The summed E-state index contributed by atoms with van der Waals surface area (Å²) >= 11 is 1.73. The Balaban J connectivity index is 1.76. The normalized spacial score (nSPS) is 17.1. The summed E-state index contributed by atoms with van der Waals surface area (Å²) in [6.07, 6.45) is 1.42. The molecule has 1 aromatic rings. The first kappa shape index (κ1) is 17.9. The molecule has 128 valence electrons. The van der Waals surface area contributed by atoms with Crippen LogP contribution in [0.1, 0.15) is 54.0 Å². The number of carbonyl (C=O) groups excluding carboxylic acids is 2. The molecule has 0 bridgehead atoms. The average molecular weight is 338 g/mol. The molecule has 2 rings (SSSR count). The highest BCUT2D eigenvalue weighted by Crippen LogP contribution is 2.26. The van der Waals surface area contributed by atoms with Crippen molar-refractivity contribution < 1.29 is 14.7 Å². The number of nitrogens with one attached hydrogen (secondary N) is 1. The van der Waals surface area contributed by atoms with E-state index >= 15 is 0 Å². The lowest BCUT2D eigenvalue weighted by Crippen LogP contribution is -2.40. The quantitative estimate of drug-likeness (QED) is 0.865. The van der Waals surface area contributed by atoms with Crippen LogP contribution in [0.2, 0.25) is 0 Å². The van der Waals surface area contributed by atoms with Gasteiger partial charge in [-0.05, 0) is 45.2 Å². The molecule has 2 heterocycles. The minimum Gasteiger partial charge on any atom is -0.393 e. The Hall–Kier alpha value is -1.40. The lowest BCUT2D eigenvalue weighted by Gasteiger charge is -2.29. The van der Waals surface area contributed by atoms with Gasteiger partial charge in [-0.3, -0.25) is 9.59 Å². The Morgan fingerprint density at radius 3 is 2.57 bits per heavy atom. The zero-order valence-electron chi connectivity index (χ0n) is 14.1. The summed E-state index contributed by atoms with van der Waals surface area (Å²) in [5.74, 6) is -0.0894. The van der Waals surface area contributed by atoms with E-state index in [1.807, 2.05) is 6.92 Å². The van der Waals surface area contributed by atoms with E-state index in [4.69, 9.17) is 0 Å². The van der Waals surface area contributed by atoms with Crippen LogP contribution in [0.4, 0.5) is 0 Å². The third-order valence-corrected chi connectivity index (χ3v) is 5.29. The Labute approximate surface area is 141 Å². The van der Waals surface area contributed by atoms with Crippen LogP contribution in [0.3, 0.4) is 0 Å². The van der Waals surface area contributed by atoms with Crippen molar-refractivity contribution >= 4 is 23.2 Å². The minimum absolute atomic E-state index is 0.00209. The van der Waals surface area contributed by atoms with E-state index in [0.717, 1.165) is 5.56 Å². The van der Waals surface area contributed by atoms with Crippen LogP contribution < -0.4 is 5.32 Å². The van der Waals surface area contributed by atoms with E-state index in [1.54, 1.807) is 16.2 Å². The molecule has 1 aromatic heterocycles. The van der Waals surface area contributed by atoms with Gasteiger partial charge in [0.2, 0.25) is 11.8 Å². The number of amides is 2. The van der Waals surface area contributed by atoms with E-state index in [-0.39, 0.29) is 36.8 Å². The maximum atomic E-state index is 12.1. The number of nitrogens with zero attached hydrogens (tertiary/aromatic N) is 1. The van der Waals surface area contributed by atoms with Crippen molar-refractivity contribution in [1.82, 2.24) is 10.2 Å². The van der Waals surface area contributed by atoms with Crippen LogP contribution in [-0.4, -0.2) is 41.0 Å². The SMILES string of the molecule is Cc1cc(C(C)NC(=O)CCC(=O)N2CCC(O)CC2)c(C)s1. The predicted molar refractivity (Wildman–Crippen MR) is 91.4 cm³/mol. The topological polar surface area (TPSA) is 69.6 Å². The molecule has 1 aliphatic heterocycles. The third kappa shape index (κ3) is 5.04. The van der Waals surface area contributed by atoms with E-state index in [2.05, 4.69) is 25.2 Å². The van der Waals surface area contributed by atoms with Crippen LogP contribution >= 0.6 is 11.3 Å². The molecule has 2 N–H and O–H groups in total. The Kier molecular flexibility index (Phi) is 6.18. The summed E-state index contributed by atoms with van der Waals surface area (Å²) < 4.78 is 0. The summed E-state index contributed by atoms with van der Waals surface area (Å²) in [5.41, 5.74) is 1.15. The van der Waals surface area contributed by atoms with Crippen LogP contribution in [0.5, 0.6) is 0 Å². The van der Waals surface area contributed by atoms with Gasteiger partial charge in [0.1, 0.15) is 0 Å². The number of rotatable bonds is 5. The summed E-state index contributed by atoms with van der Waals surface area (Å²) in [4.78, 5) is 28.4. The number of piperidine rings is 1. The zero-order valence-corrected chi connectivity index (χ0v) is 14.9. The molecule has 1 atom stereocenters. The highest BCUT2D eigenvalue weighted by atomic mass is 32.1. The second kappa shape index (κ2) is 7.93. The highest BCUT2D eigenvalue weighted by molar-refractivity contribution is 7.12. The molecule has 1 saturated heterocycles. The number of aliphatic hydroxyl groups is 1. The second-order valence-electron chi connectivity index (χ2n) is 6.27. The van der Waals surface area contributed by atoms with Crippen molar-refractivity contribution in [2.24, 2.45) is 0 Å². The molecular weight excluding hydrogens is 312 g/mol. The molecule has 1 fully saturated rings. The molecule has 5 nitrogen and oxygen atoms in total. The number of carbonyl (C=O) groups is 2. The van der Waals surface area contributed by atoms with Crippen LogP contribution in [0, 0.1) is 13.8 Å². The zero-order chi connectivity index (χ0) is 17.0. The Morgan fingerprint density at radius 1 is 1.35 bits per heavy atom. The van der Waals surface area contributed by atoms with E-state index in [1.165, 1.54) is 9.75 Å².